The highest BCUT2D eigenvalue weighted by atomic mass is 19.4. The van der Waals surface area contributed by atoms with Crippen molar-refractivity contribution in [2.45, 2.75) is 19.1 Å². The summed E-state index contributed by atoms with van der Waals surface area (Å²) in [5, 5.41) is 5.18. The Labute approximate surface area is 165 Å². The first-order chi connectivity index (χ1) is 13.8. The average Bonchev–Trinajstić information content (AvgIpc) is 3.42. The van der Waals surface area contributed by atoms with Crippen LogP contribution in [0.25, 0.3) is 0 Å². The van der Waals surface area contributed by atoms with Gasteiger partial charge < -0.3 is 15.1 Å². The molecule has 0 aliphatic heterocycles. The van der Waals surface area contributed by atoms with Crippen LogP contribution < -0.4 is 10.6 Å². The number of rotatable bonds is 5. The third kappa shape index (κ3) is 3.79. The molecule has 152 valence electrons. The topological polar surface area (TPSA) is 71.3 Å². The zero-order chi connectivity index (χ0) is 20.6. The van der Waals surface area contributed by atoms with Crippen molar-refractivity contribution in [3.63, 3.8) is 0 Å². The van der Waals surface area contributed by atoms with Gasteiger partial charge in [-0.25, -0.2) is 0 Å². The standard InChI is InChI=1S/C21H19F3N2O3/c22-21(23,24)15-5-1-2-6-16(15)26-20(28)18-13-8-7-12(10-13)17(18)19(27)25-11-14-4-3-9-29-14/h1-9,12-13,17-18H,10-11H2,(H,25,27)(H,26,28). The normalized spacial score (nSPS) is 25.2. The predicted molar refractivity (Wildman–Crippen MR) is 98.3 cm³/mol. The number of benzene rings is 1. The number of alkyl halides is 3. The summed E-state index contributed by atoms with van der Waals surface area (Å²) >= 11 is 0. The van der Waals surface area contributed by atoms with Gasteiger partial charge in [0.15, 0.2) is 0 Å². The van der Waals surface area contributed by atoms with Crippen LogP contribution in [-0.2, 0) is 22.3 Å². The number of hydrogen-bond donors (Lipinski definition) is 2. The van der Waals surface area contributed by atoms with Gasteiger partial charge in [-0.05, 0) is 42.5 Å². The third-order valence-electron chi connectivity index (χ3n) is 5.57. The number of anilines is 1. The molecule has 0 spiro atoms. The summed E-state index contributed by atoms with van der Waals surface area (Å²) in [7, 11) is 0. The van der Waals surface area contributed by atoms with E-state index in [0.717, 1.165) is 6.07 Å². The molecule has 2 aliphatic carbocycles. The van der Waals surface area contributed by atoms with E-state index in [1.54, 1.807) is 12.1 Å². The minimum atomic E-state index is -4.59. The fraction of sp³-hybridized carbons (Fsp3) is 0.333. The van der Waals surface area contributed by atoms with Gasteiger partial charge in [0.25, 0.3) is 0 Å². The Bertz CT molecular complexity index is 937. The maximum absolute atomic E-state index is 13.2. The van der Waals surface area contributed by atoms with E-state index in [-0.39, 0.29) is 30.0 Å². The summed E-state index contributed by atoms with van der Waals surface area (Å²) in [6.07, 6.45) is 1.34. The number of carbonyl (C=O) groups excluding carboxylic acids is 2. The molecule has 4 unspecified atom stereocenters. The lowest BCUT2D eigenvalue weighted by atomic mass is 9.81. The quantitative estimate of drug-likeness (QED) is 0.741. The Kier molecular flexibility index (Phi) is 4.94. The number of carbonyl (C=O) groups is 2. The van der Waals surface area contributed by atoms with E-state index < -0.39 is 29.5 Å². The van der Waals surface area contributed by atoms with E-state index in [4.69, 9.17) is 4.42 Å². The first-order valence-corrected chi connectivity index (χ1v) is 9.30. The molecule has 1 fully saturated rings. The van der Waals surface area contributed by atoms with Gasteiger partial charge in [-0.3, -0.25) is 9.59 Å². The molecular weight excluding hydrogens is 385 g/mol. The van der Waals surface area contributed by atoms with Crippen molar-refractivity contribution in [2.24, 2.45) is 23.7 Å². The van der Waals surface area contributed by atoms with Gasteiger partial charge in [-0.1, -0.05) is 24.3 Å². The molecule has 8 heteroatoms. The van der Waals surface area contributed by atoms with Crippen LogP contribution in [0, 0.1) is 23.7 Å². The van der Waals surface area contributed by atoms with Crippen molar-refractivity contribution >= 4 is 17.5 Å². The molecule has 4 rings (SSSR count). The van der Waals surface area contributed by atoms with E-state index >= 15 is 0 Å². The van der Waals surface area contributed by atoms with Gasteiger partial charge in [0.05, 0.1) is 35.9 Å². The molecule has 2 aliphatic rings. The van der Waals surface area contributed by atoms with Crippen LogP contribution in [-0.4, -0.2) is 11.8 Å². The summed E-state index contributed by atoms with van der Waals surface area (Å²) in [6, 6.07) is 8.26. The minimum absolute atomic E-state index is 0.106. The van der Waals surface area contributed by atoms with E-state index in [0.29, 0.717) is 12.2 Å². The fourth-order valence-corrected chi connectivity index (χ4v) is 4.30. The molecule has 2 N–H and O–H groups in total. The van der Waals surface area contributed by atoms with Crippen LogP contribution in [0.5, 0.6) is 0 Å². The number of nitrogens with one attached hydrogen (secondary N) is 2. The van der Waals surface area contributed by atoms with Crippen LogP contribution in [0.15, 0.2) is 59.2 Å². The minimum Gasteiger partial charge on any atom is -0.467 e. The predicted octanol–water partition coefficient (Wildman–Crippen LogP) is 3.99. The number of furan rings is 1. The van der Waals surface area contributed by atoms with Gasteiger partial charge in [0.2, 0.25) is 11.8 Å². The number of allylic oxidation sites excluding steroid dienone is 2. The summed E-state index contributed by atoms with van der Waals surface area (Å²) in [5.74, 6) is -1.92. The second-order valence-corrected chi connectivity index (χ2v) is 7.33. The summed E-state index contributed by atoms with van der Waals surface area (Å²) in [5.41, 5.74) is -1.21. The van der Waals surface area contributed by atoms with Crippen molar-refractivity contribution in [3.05, 3.63) is 66.1 Å². The molecule has 5 nitrogen and oxygen atoms in total. The molecule has 2 bridgehead atoms. The Morgan fingerprint density at radius 3 is 2.34 bits per heavy atom. The summed E-state index contributed by atoms with van der Waals surface area (Å²) in [6.45, 7) is 0.189. The van der Waals surface area contributed by atoms with Crippen molar-refractivity contribution < 1.29 is 27.2 Å². The molecule has 1 heterocycles. The second kappa shape index (κ2) is 7.42. The number of halogens is 3. The van der Waals surface area contributed by atoms with Gasteiger partial charge in [0, 0.05) is 0 Å². The molecule has 29 heavy (non-hydrogen) atoms. The zero-order valence-corrected chi connectivity index (χ0v) is 15.3. The lowest BCUT2D eigenvalue weighted by Crippen LogP contribution is -2.41. The Balaban J connectivity index is 1.51. The van der Waals surface area contributed by atoms with Crippen molar-refractivity contribution in [2.75, 3.05) is 5.32 Å². The Morgan fingerprint density at radius 2 is 1.69 bits per heavy atom. The average molecular weight is 404 g/mol. The zero-order valence-electron chi connectivity index (χ0n) is 15.3. The van der Waals surface area contributed by atoms with Crippen LogP contribution in [0.4, 0.5) is 18.9 Å². The third-order valence-corrected chi connectivity index (χ3v) is 5.57. The molecule has 2 aromatic rings. The SMILES string of the molecule is O=C(NCc1ccco1)C1C2C=CC(C2)C1C(=O)Nc1ccccc1C(F)(F)F. The van der Waals surface area contributed by atoms with E-state index in [1.165, 1.54) is 24.5 Å². The van der Waals surface area contributed by atoms with E-state index in [2.05, 4.69) is 10.6 Å². The van der Waals surface area contributed by atoms with Crippen molar-refractivity contribution in [1.82, 2.24) is 5.32 Å². The molecule has 1 aromatic heterocycles. The summed E-state index contributed by atoms with van der Waals surface area (Å²) < 4.78 is 44.9. The maximum atomic E-state index is 13.2. The Hall–Kier alpha value is -3.03. The number of fused-ring (bicyclic) bond motifs is 2. The van der Waals surface area contributed by atoms with Gasteiger partial charge in [-0.2, -0.15) is 13.2 Å². The van der Waals surface area contributed by atoms with Gasteiger partial charge >= 0.3 is 6.18 Å². The highest BCUT2D eigenvalue weighted by molar-refractivity contribution is 5.98. The lowest BCUT2D eigenvalue weighted by molar-refractivity contribution is -0.137. The maximum Gasteiger partial charge on any atom is 0.418 e. The first kappa shape index (κ1) is 19.3. The number of hydrogen-bond acceptors (Lipinski definition) is 3. The molecule has 0 radical (unpaired) electrons. The second-order valence-electron chi connectivity index (χ2n) is 7.33. The molecule has 1 saturated carbocycles. The smallest absolute Gasteiger partial charge is 0.418 e. The molecule has 1 aromatic carbocycles. The highest BCUT2D eigenvalue weighted by Gasteiger charge is 2.51. The van der Waals surface area contributed by atoms with Gasteiger partial charge in [0.1, 0.15) is 5.76 Å². The van der Waals surface area contributed by atoms with Crippen LogP contribution in [0.1, 0.15) is 17.7 Å². The van der Waals surface area contributed by atoms with E-state index in [9.17, 15) is 22.8 Å². The van der Waals surface area contributed by atoms with Crippen molar-refractivity contribution in [3.8, 4) is 0 Å². The molecule has 2 amide bonds. The highest BCUT2D eigenvalue weighted by Crippen LogP contribution is 2.48. The van der Waals surface area contributed by atoms with Crippen LogP contribution in [0.3, 0.4) is 0 Å². The Morgan fingerprint density at radius 1 is 1.00 bits per heavy atom. The molecule has 0 saturated heterocycles. The van der Waals surface area contributed by atoms with Crippen molar-refractivity contribution in [1.29, 1.82) is 0 Å². The monoisotopic (exact) mass is 404 g/mol. The van der Waals surface area contributed by atoms with E-state index in [1.807, 2.05) is 12.2 Å². The number of amides is 2. The van der Waals surface area contributed by atoms with Crippen LogP contribution in [0.2, 0.25) is 0 Å². The number of para-hydroxylation sites is 1. The fourth-order valence-electron chi connectivity index (χ4n) is 4.30. The lowest BCUT2D eigenvalue weighted by Gasteiger charge is -2.26. The summed E-state index contributed by atoms with van der Waals surface area (Å²) in [4.78, 5) is 25.7. The molecular formula is C21H19F3N2O3. The largest absolute Gasteiger partial charge is 0.467 e. The first-order valence-electron chi connectivity index (χ1n) is 9.30. The molecule has 4 atom stereocenters. The van der Waals surface area contributed by atoms with Crippen LogP contribution >= 0.6 is 0 Å². The van der Waals surface area contributed by atoms with Gasteiger partial charge in [-0.15, -0.1) is 0 Å².